The quantitative estimate of drug-likeness (QED) is 0.156. The summed E-state index contributed by atoms with van der Waals surface area (Å²) in [7, 11) is 0. The summed E-state index contributed by atoms with van der Waals surface area (Å²) in [6.45, 7) is 5.86. The highest BCUT2D eigenvalue weighted by molar-refractivity contribution is 5.74. The first kappa shape index (κ1) is 21.4. The Morgan fingerprint density at radius 1 is 1.38 bits per heavy atom. The minimum Gasteiger partial charge on any atom is -0.480 e. The normalized spacial score (nSPS) is 11.7. The summed E-state index contributed by atoms with van der Waals surface area (Å²) in [5.41, 5.74) is 14.8. The number of aliphatic carboxylic acids is 1. The van der Waals surface area contributed by atoms with Crippen LogP contribution < -0.4 is 22.5 Å². The molecule has 0 fully saturated rings. The van der Waals surface area contributed by atoms with Crippen LogP contribution in [0, 0.1) is 5.41 Å². The van der Waals surface area contributed by atoms with Crippen molar-refractivity contribution in [1.29, 1.82) is 5.41 Å². The van der Waals surface area contributed by atoms with E-state index < -0.39 is 17.6 Å². The Kier molecular flexibility index (Phi) is 11.1. The van der Waals surface area contributed by atoms with Crippen LogP contribution in [0.25, 0.3) is 0 Å². The molecule has 0 aromatic carbocycles. The van der Waals surface area contributed by atoms with Crippen LogP contribution in [0.3, 0.4) is 0 Å². The highest BCUT2D eigenvalue weighted by Gasteiger charge is 2.14. The van der Waals surface area contributed by atoms with Gasteiger partial charge in [-0.25, -0.2) is 0 Å². The van der Waals surface area contributed by atoms with E-state index in [0.717, 1.165) is 0 Å². The maximum absolute atomic E-state index is 10.5. The van der Waals surface area contributed by atoms with Gasteiger partial charge in [-0.15, -0.1) is 0 Å². The number of carboxylic acid groups (broad SMARTS) is 1. The van der Waals surface area contributed by atoms with Gasteiger partial charge in [0.2, 0.25) is 0 Å². The fourth-order valence-corrected chi connectivity index (χ4v) is 1.05. The molecule has 1 unspecified atom stereocenters. The Bertz CT molecular complexity index is 341. The van der Waals surface area contributed by atoms with Crippen molar-refractivity contribution in [3.63, 3.8) is 0 Å². The van der Waals surface area contributed by atoms with Crippen LogP contribution in [-0.4, -0.2) is 47.7 Å². The van der Waals surface area contributed by atoms with Gasteiger partial charge in [0.15, 0.2) is 5.96 Å². The molecule has 0 heterocycles. The second-order valence-electron chi connectivity index (χ2n) is 5.22. The number of esters is 1. The Labute approximate surface area is 124 Å². The Balaban J connectivity index is 0. The molecule has 0 amide bonds. The number of carbonyl (C=O) groups is 2. The van der Waals surface area contributed by atoms with Crippen molar-refractivity contribution in [1.82, 2.24) is 5.32 Å². The second kappa shape index (κ2) is 10.9. The third-order valence-corrected chi connectivity index (χ3v) is 1.91. The summed E-state index contributed by atoms with van der Waals surface area (Å²) >= 11 is 0. The molecule has 9 nitrogen and oxygen atoms in total. The second-order valence-corrected chi connectivity index (χ2v) is 5.22. The lowest BCUT2D eigenvalue weighted by atomic mass is 10.2. The number of nitrogens with one attached hydrogen (secondary N) is 2. The molecule has 9 heteroatoms. The summed E-state index contributed by atoms with van der Waals surface area (Å²) < 4.78 is 4.82. The number of guanidine groups is 1. The van der Waals surface area contributed by atoms with Gasteiger partial charge in [-0.1, -0.05) is 0 Å². The van der Waals surface area contributed by atoms with E-state index in [-0.39, 0.29) is 18.5 Å². The van der Waals surface area contributed by atoms with Crippen molar-refractivity contribution in [3.05, 3.63) is 0 Å². The zero-order chi connectivity index (χ0) is 17.1. The van der Waals surface area contributed by atoms with Crippen molar-refractivity contribution >= 4 is 17.9 Å². The molecule has 0 aromatic heterocycles. The molecule has 0 aliphatic carbocycles. The van der Waals surface area contributed by atoms with E-state index in [1.807, 2.05) is 0 Å². The lowest BCUT2D eigenvalue weighted by molar-refractivity contribution is -0.152. The topological polar surface area (TPSA) is 178 Å². The third kappa shape index (κ3) is 18.1. The summed E-state index contributed by atoms with van der Waals surface area (Å²) in [6, 6.07) is -0.821. The molecule has 21 heavy (non-hydrogen) atoms. The maximum Gasteiger partial charge on any atom is 0.320 e. The van der Waals surface area contributed by atoms with E-state index in [9.17, 15) is 9.59 Å². The van der Waals surface area contributed by atoms with Gasteiger partial charge in [-0.2, -0.15) is 0 Å². The Morgan fingerprint density at radius 3 is 2.19 bits per heavy atom. The molecular weight excluding hydrogens is 278 g/mol. The van der Waals surface area contributed by atoms with Crippen LogP contribution in [0.5, 0.6) is 0 Å². The first-order chi connectivity index (χ1) is 9.49. The van der Waals surface area contributed by atoms with E-state index >= 15 is 0 Å². The molecule has 0 aliphatic rings. The zero-order valence-corrected chi connectivity index (χ0v) is 12.8. The molecule has 0 aromatic rings. The highest BCUT2D eigenvalue weighted by Crippen LogP contribution is 2.05. The van der Waals surface area contributed by atoms with E-state index in [4.69, 9.17) is 32.5 Å². The average molecular weight is 305 g/mol. The molecule has 0 spiro atoms. The largest absolute Gasteiger partial charge is 0.480 e. The van der Waals surface area contributed by atoms with Crippen LogP contribution in [0.2, 0.25) is 0 Å². The SMILES string of the molecule is CC(C)(C)OC(=O)CN.N=C(N)NCCCC(N)C(=O)O. The van der Waals surface area contributed by atoms with Crippen molar-refractivity contribution < 1.29 is 19.4 Å². The monoisotopic (exact) mass is 305 g/mol. The molecule has 0 rings (SSSR count). The van der Waals surface area contributed by atoms with Gasteiger partial charge in [-0.05, 0) is 33.6 Å². The van der Waals surface area contributed by atoms with Crippen molar-refractivity contribution in [2.75, 3.05) is 13.1 Å². The maximum atomic E-state index is 10.5. The number of hydrogen-bond donors (Lipinski definition) is 6. The van der Waals surface area contributed by atoms with Gasteiger partial charge in [0.1, 0.15) is 11.6 Å². The van der Waals surface area contributed by atoms with Crippen molar-refractivity contribution in [3.8, 4) is 0 Å². The average Bonchev–Trinajstić information content (AvgIpc) is 2.32. The lowest BCUT2D eigenvalue weighted by Crippen LogP contribution is -2.34. The van der Waals surface area contributed by atoms with Crippen LogP contribution in [0.15, 0.2) is 0 Å². The first-order valence-electron chi connectivity index (χ1n) is 6.47. The van der Waals surface area contributed by atoms with Crippen LogP contribution in [-0.2, 0) is 14.3 Å². The molecule has 0 aliphatic heterocycles. The number of nitrogens with two attached hydrogens (primary N) is 3. The number of rotatable bonds is 6. The number of carboxylic acids is 1. The van der Waals surface area contributed by atoms with Gasteiger partial charge in [-0.3, -0.25) is 15.0 Å². The van der Waals surface area contributed by atoms with E-state index in [1.54, 1.807) is 20.8 Å². The number of ether oxygens (including phenoxy) is 1. The molecule has 0 radical (unpaired) electrons. The van der Waals surface area contributed by atoms with Crippen molar-refractivity contribution in [2.24, 2.45) is 17.2 Å². The Hall–Kier alpha value is -1.87. The fraction of sp³-hybridized carbons (Fsp3) is 0.750. The number of hydrogen-bond acceptors (Lipinski definition) is 6. The van der Waals surface area contributed by atoms with Gasteiger partial charge in [0, 0.05) is 6.54 Å². The Morgan fingerprint density at radius 2 is 1.90 bits per heavy atom. The number of carbonyl (C=O) groups excluding carboxylic acids is 1. The van der Waals surface area contributed by atoms with Gasteiger partial charge in [0.25, 0.3) is 0 Å². The van der Waals surface area contributed by atoms with E-state index in [0.29, 0.717) is 19.4 Å². The molecule has 0 saturated heterocycles. The minimum absolute atomic E-state index is 0.0444. The molecule has 0 saturated carbocycles. The smallest absolute Gasteiger partial charge is 0.320 e. The van der Waals surface area contributed by atoms with Crippen LogP contribution in [0.4, 0.5) is 0 Å². The van der Waals surface area contributed by atoms with Gasteiger partial charge < -0.3 is 32.4 Å². The highest BCUT2D eigenvalue weighted by atomic mass is 16.6. The van der Waals surface area contributed by atoms with Crippen LogP contribution >= 0.6 is 0 Å². The van der Waals surface area contributed by atoms with E-state index in [2.05, 4.69) is 5.32 Å². The summed E-state index contributed by atoms with van der Waals surface area (Å²) in [6.07, 6.45) is 0.975. The molecule has 1 atom stereocenters. The molecule has 0 bridgehead atoms. The van der Waals surface area contributed by atoms with Crippen molar-refractivity contribution in [2.45, 2.75) is 45.3 Å². The van der Waals surface area contributed by atoms with E-state index in [1.165, 1.54) is 0 Å². The standard InChI is InChI=1S/C6H14N4O2.C6H13NO2/c7-4(5(11)12)2-1-3-10-6(8)9;1-6(2,3)9-5(8)4-7/h4H,1-3,7H2,(H,11,12)(H4,8,9,10);4,7H2,1-3H3. The molecular formula is C12H27N5O4. The van der Waals surface area contributed by atoms with Gasteiger partial charge >= 0.3 is 11.9 Å². The molecule has 124 valence electrons. The molecule has 9 N–H and O–H groups in total. The predicted octanol–water partition coefficient (Wildman–Crippen LogP) is -1.05. The summed E-state index contributed by atoms with van der Waals surface area (Å²) in [5, 5.41) is 17.7. The predicted molar refractivity (Wildman–Crippen MR) is 79.7 cm³/mol. The zero-order valence-electron chi connectivity index (χ0n) is 12.8. The van der Waals surface area contributed by atoms with Gasteiger partial charge in [0.05, 0.1) is 6.54 Å². The fourth-order valence-electron chi connectivity index (χ4n) is 1.05. The minimum atomic E-state index is -1.00. The first-order valence-corrected chi connectivity index (χ1v) is 6.47. The summed E-state index contributed by atoms with van der Waals surface area (Å²) in [4.78, 5) is 20.7. The third-order valence-electron chi connectivity index (χ3n) is 1.91. The summed E-state index contributed by atoms with van der Waals surface area (Å²) in [5.74, 6) is -1.47. The lowest BCUT2D eigenvalue weighted by Gasteiger charge is -2.18. The van der Waals surface area contributed by atoms with Crippen LogP contribution in [0.1, 0.15) is 33.6 Å².